The molecule has 0 saturated heterocycles. The van der Waals surface area contributed by atoms with Crippen LogP contribution in [0.5, 0.6) is 0 Å². The van der Waals surface area contributed by atoms with E-state index in [1.54, 1.807) is 0 Å². The van der Waals surface area contributed by atoms with Gasteiger partial charge >= 0.3 is 0 Å². The van der Waals surface area contributed by atoms with Crippen molar-refractivity contribution in [2.24, 2.45) is 0 Å². The highest BCUT2D eigenvalue weighted by Gasteiger charge is 2.12. The maximum absolute atomic E-state index is 4.38. The van der Waals surface area contributed by atoms with E-state index in [1.165, 1.54) is 11.3 Å². The van der Waals surface area contributed by atoms with E-state index in [1.807, 2.05) is 0 Å². The van der Waals surface area contributed by atoms with Crippen molar-refractivity contribution in [2.45, 2.75) is 6.42 Å². The average molecular weight is 135 g/mol. The molecule has 0 aromatic heterocycles. The molecule has 0 aliphatic carbocycles. The Morgan fingerprint density at radius 3 is 3.40 bits per heavy atom. The standard InChI is InChI=1S/C8H11N2/c1-2-7-3-5-9-6-8(7)10-4-1/h1-2,9H,3-6H2. The van der Waals surface area contributed by atoms with Gasteiger partial charge < -0.3 is 5.32 Å². The van der Waals surface area contributed by atoms with Crippen LogP contribution in [0.4, 0.5) is 0 Å². The fraction of sp³-hybridized carbons (Fsp3) is 0.500. The van der Waals surface area contributed by atoms with Crippen LogP contribution in [-0.4, -0.2) is 19.6 Å². The predicted molar refractivity (Wildman–Crippen MR) is 40.7 cm³/mol. The van der Waals surface area contributed by atoms with Crippen LogP contribution in [0.3, 0.4) is 0 Å². The predicted octanol–water partition coefficient (Wildman–Crippen LogP) is 0.408. The molecule has 0 unspecified atom stereocenters. The molecule has 2 aliphatic rings. The maximum atomic E-state index is 4.38. The first-order valence-corrected chi connectivity index (χ1v) is 3.73. The van der Waals surface area contributed by atoms with E-state index in [-0.39, 0.29) is 0 Å². The second kappa shape index (κ2) is 2.46. The van der Waals surface area contributed by atoms with Crippen molar-refractivity contribution >= 4 is 0 Å². The summed E-state index contributed by atoms with van der Waals surface area (Å²) in [6, 6.07) is 0. The smallest absolute Gasteiger partial charge is 0.0577 e. The molecule has 2 rings (SSSR count). The molecule has 2 nitrogen and oxygen atoms in total. The van der Waals surface area contributed by atoms with E-state index in [0.29, 0.717) is 0 Å². The van der Waals surface area contributed by atoms with Gasteiger partial charge in [-0.3, -0.25) is 5.32 Å². The molecular formula is C8H11N2. The Labute approximate surface area is 61.0 Å². The van der Waals surface area contributed by atoms with Gasteiger partial charge in [0.2, 0.25) is 0 Å². The van der Waals surface area contributed by atoms with E-state index in [9.17, 15) is 0 Å². The Hall–Kier alpha value is -0.760. The van der Waals surface area contributed by atoms with Crippen LogP contribution in [0.25, 0.3) is 0 Å². The molecule has 2 heterocycles. The molecular weight excluding hydrogens is 124 g/mol. The molecule has 0 atom stereocenters. The molecule has 0 amide bonds. The monoisotopic (exact) mass is 135 g/mol. The van der Waals surface area contributed by atoms with Crippen LogP contribution >= 0.6 is 0 Å². The zero-order valence-electron chi connectivity index (χ0n) is 5.93. The third-order valence-electron chi connectivity index (χ3n) is 1.94. The molecule has 1 N–H and O–H groups in total. The summed E-state index contributed by atoms with van der Waals surface area (Å²) >= 11 is 0. The number of allylic oxidation sites excluding steroid dienone is 1. The van der Waals surface area contributed by atoms with Crippen LogP contribution < -0.4 is 10.6 Å². The minimum Gasteiger partial charge on any atom is -0.311 e. The highest BCUT2D eigenvalue weighted by atomic mass is 15.0. The van der Waals surface area contributed by atoms with Gasteiger partial charge in [0.15, 0.2) is 0 Å². The minimum atomic E-state index is 0.876. The van der Waals surface area contributed by atoms with E-state index in [4.69, 9.17) is 0 Å². The van der Waals surface area contributed by atoms with Gasteiger partial charge in [-0.15, -0.1) is 0 Å². The summed E-state index contributed by atoms with van der Waals surface area (Å²) in [5, 5.41) is 7.68. The van der Waals surface area contributed by atoms with Crippen LogP contribution in [0.2, 0.25) is 0 Å². The van der Waals surface area contributed by atoms with E-state index < -0.39 is 0 Å². The number of rotatable bonds is 0. The lowest BCUT2D eigenvalue weighted by molar-refractivity contribution is 0.633. The van der Waals surface area contributed by atoms with Gasteiger partial charge in [-0.1, -0.05) is 12.2 Å². The SMILES string of the molecule is C1=CC2=C(CNCC2)[N]C1. The summed E-state index contributed by atoms with van der Waals surface area (Å²) in [5.74, 6) is 0. The first-order valence-electron chi connectivity index (χ1n) is 3.73. The molecule has 53 valence electrons. The lowest BCUT2D eigenvalue weighted by Gasteiger charge is -2.21. The second-order valence-corrected chi connectivity index (χ2v) is 2.64. The highest BCUT2D eigenvalue weighted by Crippen LogP contribution is 2.15. The third-order valence-corrected chi connectivity index (χ3v) is 1.94. The lowest BCUT2D eigenvalue weighted by Crippen LogP contribution is -2.30. The lowest BCUT2D eigenvalue weighted by atomic mass is 10.0. The minimum absolute atomic E-state index is 0.876. The molecule has 0 fully saturated rings. The van der Waals surface area contributed by atoms with Gasteiger partial charge in [-0.2, -0.15) is 0 Å². The maximum Gasteiger partial charge on any atom is 0.0577 e. The number of nitrogens with one attached hydrogen (secondary N) is 1. The normalized spacial score (nSPS) is 24.0. The molecule has 2 aliphatic heterocycles. The first kappa shape index (κ1) is 5.98. The summed E-state index contributed by atoms with van der Waals surface area (Å²) in [4.78, 5) is 0. The van der Waals surface area contributed by atoms with E-state index in [2.05, 4.69) is 22.8 Å². The van der Waals surface area contributed by atoms with Crippen molar-refractivity contribution < 1.29 is 0 Å². The van der Waals surface area contributed by atoms with Crippen LogP contribution in [-0.2, 0) is 0 Å². The van der Waals surface area contributed by atoms with E-state index >= 15 is 0 Å². The Morgan fingerprint density at radius 1 is 1.50 bits per heavy atom. The van der Waals surface area contributed by atoms with Gasteiger partial charge in [0.25, 0.3) is 0 Å². The van der Waals surface area contributed by atoms with E-state index in [0.717, 1.165) is 26.1 Å². The molecule has 0 aromatic carbocycles. The van der Waals surface area contributed by atoms with Gasteiger partial charge in [0, 0.05) is 6.54 Å². The van der Waals surface area contributed by atoms with Gasteiger partial charge in [0.1, 0.15) is 0 Å². The van der Waals surface area contributed by atoms with Crippen molar-refractivity contribution in [3.8, 4) is 0 Å². The van der Waals surface area contributed by atoms with Gasteiger partial charge in [-0.25, -0.2) is 0 Å². The van der Waals surface area contributed by atoms with Crippen molar-refractivity contribution in [3.63, 3.8) is 0 Å². The largest absolute Gasteiger partial charge is 0.311 e. The Balaban J connectivity index is 2.23. The molecule has 2 heteroatoms. The molecule has 0 saturated carbocycles. The van der Waals surface area contributed by atoms with Crippen LogP contribution in [0.15, 0.2) is 23.4 Å². The zero-order chi connectivity index (χ0) is 6.81. The molecule has 0 aromatic rings. The van der Waals surface area contributed by atoms with Crippen LogP contribution in [0, 0.1) is 0 Å². The fourth-order valence-electron chi connectivity index (χ4n) is 1.38. The topological polar surface area (TPSA) is 26.1 Å². The molecule has 0 bridgehead atoms. The summed E-state index contributed by atoms with van der Waals surface area (Å²) in [5.41, 5.74) is 2.71. The molecule has 10 heavy (non-hydrogen) atoms. The Bertz CT molecular complexity index is 191. The Morgan fingerprint density at radius 2 is 2.50 bits per heavy atom. The van der Waals surface area contributed by atoms with Crippen molar-refractivity contribution in [2.75, 3.05) is 19.6 Å². The molecule has 0 spiro atoms. The van der Waals surface area contributed by atoms with Crippen molar-refractivity contribution in [1.82, 2.24) is 10.6 Å². The van der Waals surface area contributed by atoms with Gasteiger partial charge in [-0.05, 0) is 18.5 Å². The fourth-order valence-corrected chi connectivity index (χ4v) is 1.38. The van der Waals surface area contributed by atoms with Crippen molar-refractivity contribution in [1.29, 1.82) is 0 Å². The van der Waals surface area contributed by atoms with Crippen LogP contribution in [0.1, 0.15) is 6.42 Å². The molecule has 1 radical (unpaired) electrons. The Kier molecular flexibility index (Phi) is 1.47. The third kappa shape index (κ3) is 0.948. The zero-order valence-corrected chi connectivity index (χ0v) is 5.93. The summed E-state index contributed by atoms with van der Waals surface area (Å²) in [6.45, 7) is 2.96. The summed E-state index contributed by atoms with van der Waals surface area (Å²) in [7, 11) is 0. The number of nitrogens with zero attached hydrogens (tertiary/aromatic N) is 1. The number of hydrogen-bond donors (Lipinski definition) is 1. The average Bonchev–Trinajstić information content (AvgIpc) is 2.05. The summed E-state index contributed by atoms with van der Waals surface area (Å²) < 4.78 is 0. The second-order valence-electron chi connectivity index (χ2n) is 2.64. The summed E-state index contributed by atoms with van der Waals surface area (Å²) in [6.07, 6.45) is 5.49. The first-order chi connectivity index (χ1) is 4.97. The quantitative estimate of drug-likeness (QED) is 0.511. The highest BCUT2D eigenvalue weighted by molar-refractivity contribution is 5.31. The van der Waals surface area contributed by atoms with Gasteiger partial charge in [0.05, 0.1) is 12.2 Å². The van der Waals surface area contributed by atoms with Crippen molar-refractivity contribution in [3.05, 3.63) is 23.4 Å². The number of hydrogen-bond acceptors (Lipinski definition) is 1.